The van der Waals surface area contributed by atoms with E-state index in [4.69, 9.17) is 0 Å². The lowest BCUT2D eigenvalue weighted by Crippen LogP contribution is -2.17. The Morgan fingerprint density at radius 2 is 2.12 bits per heavy atom. The molecule has 0 bridgehead atoms. The van der Waals surface area contributed by atoms with Gasteiger partial charge < -0.3 is 5.32 Å². The molecule has 17 heavy (non-hydrogen) atoms. The predicted octanol–water partition coefficient (Wildman–Crippen LogP) is 3.20. The fourth-order valence-electron chi connectivity index (χ4n) is 2.73. The summed E-state index contributed by atoms with van der Waals surface area (Å²) >= 11 is 0. The maximum Gasteiger partial charge on any atom is 0.0537 e. The molecular weight excluding hydrogens is 210 g/mol. The molecule has 1 N–H and O–H groups in total. The van der Waals surface area contributed by atoms with Crippen molar-refractivity contribution < 1.29 is 0 Å². The zero-order valence-corrected chi connectivity index (χ0v) is 11.2. The van der Waals surface area contributed by atoms with Gasteiger partial charge in [-0.15, -0.1) is 0 Å². The minimum atomic E-state index is 0.656. The Bertz CT molecular complexity index is 337. The summed E-state index contributed by atoms with van der Waals surface area (Å²) in [5.41, 5.74) is 2.73. The molecule has 1 fully saturated rings. The molecule has 0 radical (unpaired) electrons. The van der Waals surface area contributed by atoms with Crippen molar-refractivity contribution in [1.29, 1.82) is 0 Å². The summed E-state index contributed by atoms with van der Waals surface area (Å²) in [5.74, 6) is 0. The van der Waals surface area contributed by atoms with Gasteiger partial charge in [0.05, 0.1) is 12.2 Å². The van der Waals surface area contributed by atoms with Gasteiger partial charge in [0, 0.05) is 17.8 Å². The van der Waals surface area contributed by atoms with Crippen LogP contribution in [0.25, 0.3) is 0 Å². The number of nitrogens with zero attached hydrogens (tertiary/aromatic N) is 2. The number of rotatable bonds is 5. The molecule has 0 atom stereocenters. The van der Waals surface area contributed by atoms with Gasteiger partial charge in [0.2, 0.25) is 0 Å². The second-order valence-corrected chi connectivity index (χ2v) is 5.17. The Kier molecular flexibility index (Phi) is 4.60. The van der Waals surface area contributed by atoms with Crippen molar-refractivity contribution in [2.45, 2.75) is 65.0 Å². The zero-order chi connectivity index (χ0) is 12.1. The maximum atomic E-state index is 4.59. The molecule has 3 heteroatoms. The SMILES string of the molecule is CCCNCc1cnn(C2CCCCC2)c1C. The van der Waals surface area contributed by atoms with Gasteiger partial charge in [-0.3, -0.25) is 4.68 Å². The van der Waals surface area contributed by atoms with Gasteiger partial charge in [-0.2, -0.15) is 5.10 Å². The number of hydrogen-bond acceptors (Lipinski definition) is 2. The van der Waals surface area contributed by atoms with E-state index in [0.29, 0.717) is 6.04 Å². The molecule has 0 aromatic carbocycles. The Morgan fingerprint density at radius 3 is 2.82 bits per heavy atom. The Morgan fingerprint density at radius 1 is 1.35 bits per heavy atom. The Labute approximate surface area is 105 Å². The van der Waals surface area contributed by atoms with Crippen LogP contribution in [0.3, 0.4) is 0 Å². The van der Waals surface area contributed by atoms with Crippen molar-refractivity contribution in [3.05, 3.63) is 17.5 Å². The fourth-order valence-corrected chi connectivity index (χ4v) is 2.73. The average molecular weight is 235 g/mol. The lowest BCUT2D eigenvalue weighted by Gasteiger charge is -2.23. The third-order valence-corrected chi connectivity index (χ3v) is 3.81. The molecule has 0 aliphatic heterocycles. The first kappa shape index (κ1) is 12.6. The molecule has 0 amide bonds. The normalized spacial score (nSPS) is 17.5. The Hall–Kier alpha value is -0.830. The minimum absolute atomic E-state index is 0.656. The van der Waals surface area contributed by atoms with Gasteiger partial charge >= 0.3 is 0 Å². The van der Waals surface area contributed by atoms with Gasteiger partial charge in [0.25, 0.3) is 0 Å². The molecule has 96 valence electrons. The van der Waals surface area contributed by atoms with E-state index in [2.05, 4.69) is 28.9 Å². The quantitative estimate of drug-likeness (QED) is 0.794. The van der Waals surface area contributed by atoms with Crippen molar-refractivity contribution in [2.24, 2.45) is 0 Å². The molecule has 1 heterocycles. The highest BCUT2D eigenvalue weighted by atomic mass is 15.3. The van der Waals surface area contributed by atoms with E-state index in [9.17, 15) is 0 Å². The summed E-state index contributed by atoms with van der Waals surface area (Å²) < 4.78 is 2.27. The monoisotopic (exact) mass is 235 g/mol. The summed E-state index contributed by atoms with van der Waals surface area (Å²) in [5, 5.41) is 8.05. The van der Waals surface area contributed by atoms with Crippen LogP contribution in [0.2, 0.25) is 0 Å². The largest absolute Gasteiger partial charge is 0.313 e. The molecule has 0 saturated heterocycles. The summed E-state index contributed by atoms with van der Waals surface area (Å²) in [7, 11) is 0. The smallest absolute Gasteiger partial charge is 0.0537 e. The van der Waals surface area contributed by atoms with Gasteiger partial charge in [-0.1, -0.05) is 26.2 Å². The van der Waals surface area contributed by atoms with E-state index >= 15 is 0 Å². The topological polar surface area (TPSA) is 29.9 Å². The fraction of sp³-hybridized carbons (Fsp3) is 0.786. The second-order valence-electron chi connectivity index (χ2n) is 5.17. The van der Waals surface area contributed by atoms with E-state index in [1.165, 1.54) is 49.8 Å². The van der Waals surface area contributed by atoms with Crippen LogP contribution >= 0.6 is 0 Å². The van der Waals surface area contributed by atoms with Crippen LogP contribution in [0.4, 0.5) is 0 Å². The van der Waals surface area contributed by atoms with E-state index in [1.807, 2.05) is 6.20 Å². The second kappa shape index (κ2) is 6.20. The first-order valence-electron chi connectivity index (χ1n) is 7.06. The first-order chi connectivity index (χ1) is 8.33. The van der Waals surface area contributed by atoms with Crippen LogP contribution in [-0.2, 0) is 6.54 Å². The van der Waals surface area contributed by atoms with E-state index in [-0.39, 0.29) is 0 Å². The van der Waals surface area contributed by atoms with E-state index < -0.39 is 0 Å². The summed E-state index contributed by atoms with van der Waals surface area (Å²) in [6.07, 6.45) is 10.00. The zero-order valence-electron chi connectivity index (χ0n) is 11.2. The molecule has 1 aliphatic rings. The summed E-state index contributed by atoms with van der Waals surface area (Å²) in [4.78, 5) is 0. The molecular formula is C14H25N3. The third kappa shape index (κ3) is 3.09. The van der Waals surface area contributed by atoms with Crippen molar-refractivity contribution >= 4 is 0 Å². The van der Waals surface area contributed by atoms with Gasteiger partial charge in [-0.05, 0) is 32.7 Å². The molecule has 0 unspecified atom stereocenters. The summed E-state index contributed by atoms with van der Waals surface area (Å²) in [6, 6.07) is 0.656. The lowest BCUT2D eigenvalue weighted by molar-refractivity contribution is 0.324. The van der Waals surface area contributed by atoms with Crippen LogP contribution in [-0.4, -0.2) is 16.3 Å². The molecule has 1 aromatic rings. The van der Waals surface area contributed by atoms with Crippen LogP contribution in [0.5, 0.6) is 0 Å². The third-order valence-electron chi connectivity index (χ3n) is 3.81. The van der Waals surface area contributed by atoms with Crippen LogP contribution in [0.1, 0.15) is 62.7 Å². The van der Waals surface area contributed by atoms with Crippen molar-refractivity contribution in [3.63, 3.8) is 0 Å². The first-order valence-corrected chi connectivity index (χ1v) is 7.06. The van der Waals surface area contributed by atoms with Crippen molar-refractivity contribution in [2.75, 3.05) is 6.54 Å². The maximum absolute atomic E-state index is 4.59. The lowest BCUT2D eigenvalue weighted by atomic mass is 9.95. The molecule has 1 saturated carbocycles. The van der Waals surface area contributed by atoms with Crippen LogP contribution in [0, 0.1) is 6.92 Å². The number of nitrogens with one attached hydrogen (secondary N) is 1. The molecule has 2 rings (SSSR count). The summed E-state index contributed by atoms with van der Waals surface area (Å²) in [6.45, 7) is 6.47. The predicted molar refractivity (Wildman–Crippen MR) is 71.1 cm³/mol. The van der Waals surface area contributed by atoms with Gasteiger partial charge in [-0.25, -0.2) is 0 Å². The number of hydrogen-bond donors (Lipinski definition) is 1. The molecule has 3 nitrogen and oxygen atoms in total. The van der Waals surface area contributed by atoms with Crippen molar-refractivity contribution in [3.8, 4) is 0 Å². The molecule has 1 aromatic heterocycles. The molecule has 1 aliphatic carbocycles. The van der Waals surface area contributed by atoms with Gasteiger partial charge in [0.15, 0.2) is 0 Å². The Balaban J connectivity index is 1.98. The van der Waals surface area contributed by atoms with E-state index in [0.717, 1.165) is 13.1 Å². The highest BCUT2D eigenvalue weighted by Crippen LogP contribution is 2.29. The van der Waals surface area contributed by atoms with E-state index in [1.54, 1.807) is 0 Å². The van der Waals surface area contributed by atoms with Crippen molar-refractivity contribution in [1.82, 2.24) is 15.1 Å². The minimum Gasteiger partial charge on any atom is -0.313 e. The van der Waals surface area contributed by atoms with Gasteiger partial charge in [0.1, 0.15) is 0 Å². The molecule has 0 spiro atoms. The highest BCUT2D eigenvalue weighted by Gasteiger charge is 2.18. The number of aromatic nitrogens is 2. The van der Waals surface area contributed by atoms with Crippen LogP contribution < -0.4 is 5.32 Å². The van der Waals surface area contributed by atoms with Crippen LogP contribution in [0.15, 0.2) is 6.20 Å². The standard InChI is InChI=1S/C14H25N3/c1-3-9-15-10-13-11-16-17(12(13)2)14-7-5-4-6-8-14/h11,14-15H,3-10H2,1-2H3. The highest BCUT2D eigenvalue weighted by molar-refractivity contribution is 5.16. The average Bonchev–Trinajstić information content (AvgIpc) is 2.73.